The maximum absolute atomic E-state index is 12.0. The molecule has 0 aliphatic heterocycles. The van der Waals surface area contributed by atoms with Gasteiger partial charge in [-0.05, 0) is 30.9 Å². The van der Waals surface area contributed by atoms with Crippen molar-refractivity contribution in [2.45, 2.75) is 38.6 Å². The SMILES string of the molecule is Nc1ccc(-c2nc(CNC(=O)CC3CCCC3)[nH]c2Cl)cc1. The number of anilines is 1. The molecule has 23 heavy (non-hydrogen) atoms. The number of nitrogens with one attached hydrogen (secondary N) is 2. The van der Waals surface area contributed by atoms with Gasteiger partial charge in [0.2, 0.25) is 5.91 Å². The van der Waals surface area contributed by atoms with Gasteiger partial charge in [0.25, 0.3) is 0 Å². The topological polar surface area (TPSA) is 83.8 Å². The van der Waals surface area contributed by atoms with Crippen molar-refractivity contribution in [3.63, 3.8) is 0 Å². The molecule has 1 amide bonds. The van der Waals surface area contributed by atoms with Crippen LogP contribution in [0, 0.1) is 5.92 Å². The predicted molar refractivity (Wildman–Crippen MR) is 91.9 cm³/mol. The molecular formula is C17H21ClN4O. The lowest BCUT2D eigenvalue weighted by molar-refractivity contribution is -0.122. The molecule has 4 N–H and O–H groups in total. The van der Waals surface area contributed by atoms with Crippen LogP contribution in [0.1, 0.15) is 37.9 Å². The van der Waals surface area contributed by atoms with E-state index in [1.54, 1.807) is 0 Å². The van der Waals surface area contributed by atoms with Crippen molar-refractivity contribution >= 4 is 23.2 Å². The fraction of sp³-hybridized carbons (Fsp3) is 0.412. The number of H-pyrrole nitrogens is 1. The first kappa shape index (κ1) is 15.9. The number of nitrogens with zero attached hydrogens (tertiary/aromatic N) is 1. The molecule has 3 rings (SSSR count). The second-order valence-electron chi connectivity index (χ2n) is 6.10. The van der Waals surface area contributed by atoms with Crippen LogP contribution in [0.15, 0.2) is 24.3 Å². The molecule has 1 fully saturated rings. The zero-order valence-electron chi connectivity index (χ0n) is 12.9. The molecule has 0 spiro atoms. The van der Waals surface area contributed by atoms with Crippen molar-refractivity contribution in [2.24, 2.45) is 5.92 Å². The van der Waals surface area contributed by atoms with E-state index in [0.717, 1.165) is 5.56 Å². The number of imidazole rings is 1. The quantitative estimate of drug-likeness (QED) is 0.732. The third-order valence-corrected chi connectivity index (χ3v) is 4.57. The molecule has 0 unspecified atom stereocenters. The minimum atomic E-state index is 0.0819. The van der Waals surface area contributed by atoms with Gasteiger partial charge >= 0.3 is 0 Å². The number of aromatic amines is 1. The van der Waals surface area contributed by atoms with Crippen LogP contribution in [0.25, 0.3) is 11.3 Å². The van der Waals surface area contributed by atoms with Gasteiger partial charge in [-0.2, -0.15) is 0 Å². The Labute approximate surface area is 140 Å². The lowest BCUT2D eigenvalue weighted by atomic mass is 10.0. The van der Waals surface area contributed by atoms with E-state index in [0.29, 0.717) is 41.2 Å². The number of hydrogen-bond acceptors (Lipinski definition) is 3. The Morgan fingerprint density at radius 3 is 2.70 bits per heavy atom. The zero-order chi connectivity index (χ0) is 16.2. The summed E-state index contributed by atoms with van der Waals surface area (Å²) in [4.78, 5) is 19.5. The van der Waals surface area contributed by atoms with Crippen LogP contribution in [0.3, 0.4) is 0 Å². The van der Waals surface area contributed by atoms with Crippen LogP contribution >= 0.6 is 11.6 Å². The summed E-state index contributed by atoms with van der Waals surface area (Å²) in [6, 6.07) is 7.37. The summed E-state index contributed by atoms with van der Waals surface area (Å²) in [6.07, 6.45) is 5.44. The van der Waals surface area contributed by atoms with Crippen LogP contribution in [-0.4, -0.2) is 15.9 Å². The van der Waals surface area contributed by atoms with Gasteiger partial charge in [-0.25, -0.2) is 4.98 Å². The third kappa shape index (κ3) is 4.05. The minimum Gasteiger partial charge on any atom is -0.399 e. The van der Waals surface area contributed by atoms with Gasteiger partial charge in [0.1, 0.15) is 16.7 Å². The van der Waals surface area contributed by atoms with Crippen molar-refractivity contribution in [2.75, 3.05) is 5.73 Å². The molecule has 0 saturated heterocycles. The van der Waals surface area contributed by atoms with E-state index in [2.05, 4.69) is 15.3 Å². The molecule has 2 aromatic rings. The maximum atomic E-state index is 12.0. The fourth-order valence-electron chi connectivity index (χ4n) is 3.05. The van der Waals surface area contributed by atoms with Gasteiger partial charge in [0.05, 0.1) is 6.54 Å². The van der Waals surface area contributed by atoms with E-state index >= 15 is 0 Å². The number of amides is 1. The van der Waals surface area contributed by atoms with Gasteiger partial charge < -0.3 is 16.0 Å². The number of aromatic nitrogens is 2. The summed E-state index contributed by atoms with van der Waals surface area (Å²) in [5.74, 6) is 1.28. The Bertz CT molecular complexity index is 674. The lowest BCUT2D eigenvalue weighted by Crippen LogP contribution is -2.25. The lowest BCUT2D eigenvalue weighted by Gasteiger charge is -2.08. The first-order valence-electron chi connectivity index (χ1n) is 7.99. The molecule has 1 saturated carbocycles. The molecule has 1 aromatic carbocycles. The number of halogens is 1. The normalized spacial score (nSPS) is 15.0. The highest BCUT2D eigenvalue weighted by atomic mass is 35.5. The molecule has 122 valence electrons. The predicted octanol–water partition coefficient (Wildman–Crippen LogP) is 3.51. The summed E-state index contributed by atoms with van der Waals surface area (Å²) in [7, 11) is 0. The minimum absolute atomic E-state index is 0.0819. The summed E-state index contributed by atoms with van der Waals surface area (Å²) < 4.78 is 0. The van der Waals surface area contributed by atoms with Crippen molar-refractivity contribution in [1.29, 1.82) is 0 Å². The van der Waals surface area contributed by atoms with Gasteiger partial charge in [-0.15, -0.1) is 0 Å². The summed E-state index contributed by atoms with van der Waals surface area (Å²) >= 11 is 6.21. The standard InChI is InChI=1S/C17H21ClN4O/c18-17-16(12-5-7-13(19)8-6-12)21-14(22-17)10-20-15(23)9-11-3-1-2-4-11/h5-8,11H,1-4,9-10,19H2,(H,20,23)(H,21,22). The van der Waals surface area contributed by atoms with Gasteiger partial charge in [0, 0.05) is 17.7 Å². The van der Waals surface area contributed by atoms with Gasteiger partial charge in [-0.1, -0.05) is 36.6 Å². The molecular weight excluding hydrogens is 312 g/mol. The van der Waals surface area contributed by atoms with Crippen LogP contribution in [0.2, 0.25) is 5.15 Å². The average molecular weight is 333 g/mol. The second-order valence-corrected chi connectivity index (χ2v) is 6.48. The zero-order valence-corrected chi connectivity index (χ0v) is 13.7. The fourth-order valence-corrected chi connectivity index (χ4v) is 3.31. The van der Waals surface area contributed by atoms with Crippen molar-refractivity contribution in [1.82, 2.24) is 15.3 Å². The van der Waals surface area contributed by atoms with Crippen molar-refractivity contribution < 1.29 is 4.79 Å². The van der Waals surface area contributed by atoms with Gasteiger partial charge in [0.15, 0.2) is 0 Å². The second kappa shape index (κ2) is 7.04. The molecule has 5 nitrogen and oxygen atoms in total. The number of benzene rings is 1. The molecule has 1 aliphatic rings. The number of nitrogen functional groups attached to an aromatic ring is 1. The van der Waals surface area contributed by atoms with Crippen LogP contribution in [0.4, 0.5) is 5.69 Å². The number of carbonyl (C=O) groups is 1. The molecule has 0 bridgehead atoms. The Hall–Kier alpha value is -2.01. The van der Waals surface area contributed by atoms with E-state index in [1.807, 2.05) is 24.3 Å². The average Bonchev–Trinajstić information content (AvgIpc) is 3.16. The molecule has 1 aliphatic carbocycles. The highest BCUT2D eigenvalue weighted by Gasteiger charge is 2.18. The Kier molecular flexibility index (Phi) is 4.86. The Morgan fingerprint density at radius 2 is 2.00 bits per heavy atom. The first-order valence-corrected chi connectivity index (χ1v) is 8.36. The summed E-state index contributed by atoms with van der Waals surface area (Å²) in [5.41, 5.74) is 7.95. The summed E-state index contributed by atoms with van der Waals surface area (Å²) in [5, 5.41) is 3.38. The highest BCUT2D eigenvalue weighted by Crippen LogP contribution is 2.28. The smallest absolute Gasteiger partial charge is 0.220 e. The highest BCUT2D eigenvalue weighted by molar-refractivity contribution is 6.31. The molecule has 0 atom stereocenters. The largest absolute Gasteiger partial charge is 0.399 e. The van der Waals surface area contributed by atoms with Crippen LogP contribution < -0.4 is 11.1 Å². The van der Waals surface area contributed by atoms with E-state index in [9.17, 15) is 4.79 Å². The van der Waals surface area contributed by atoms with E-state index < -0.39 is 0 Å². The molecule has 0 radical (unpaired) electrons. The number of carbonyl (C=O) groups excluding carboxylic acids is 1. The van der Waals surface area contributed by atoms with E-state index in [-0.39, 0.29) is 5.91 Å². The summed E-state index contributed by atoms with van der Waals surface area (Å²) in [6.45, 7) is 0.361. The molecule has 1 aromatic heterocycles. The number of nitrogens with two attached hydrogens (primary N) is 1. The first-order chi connectivity index (χ1) is 11.1. The van der Waals surface area contributed by atoms with E-state index in [4.69, 9.17) is 17.3 Å². The Morgan fingerprint density at radius 1 is 1.30 bits per heavy atom. The number of rotatable bonds is 5. The van der Waals surface area contributed by atoms with Gasteiger partial charge in [-0.3, -0.25) is 4.79 Å². The Balaban J connectivity index is 1.59. The van der Waals surface area contributed by atoms with E-state index in [1.165, 1.54) is 25.7 Å². The van der Waals surface area contributed by atoms with Crippen LogP contribution in [0.5, 0.6) is 0 Å². The molecule has 6 heteroatoms. The maximum Gasteiger partial charge on any atom is 0.220 e. The monoisotopic (exact) mass is 332 g/mol. The van der Waals surface area contributed by atoms with Crippen LogP contribution in [-0.2, 0) is 11.3 Å². The number of hydrogen-bond donors (Lipinski definition) is 3. The van der Waals surface area contributed by atoms with Crippen molar-refractivity contribution in [3.05, 3.63) is 35.2 Å². The molecule has 1 heterocycles. The van der Waals surface area contributed by atoms with Crippen molar-refractivity contribution in [3.8, 4) is 11.3 Å². The third-order valence-electron chi connectivity index (χ3n) is 4.29.